The average molecular weight is 212 g/mol. The van der Waals surface area contributed by atoms with Gasteiger partial charge >= 0.3 is 0 Å². The maximum atomic E-state index is 7.95. The van der Waals surface area contributed by atoms with E-state index in [-0.39, 0.29) is 17.4 Å². The summed E-state index contributed by atoms with van der Waals surface area (Å²) in [5.41, 5.74) is 7.00. The fraction of sp³-hybridized carbons (Fsp3) is 0. The summed E-state index contributed by atoms with van der Waals surface area (Å²) in [6.07, 6.45) is 0. The highest BCUT2D eigenvalue weighted by Crippen LogP contribution is 2.27. The summed E-state index contributed by atoms with van der Waals surface area (Å²) in [4.78, 5) is 7.81. The number of nitrogen functional groups attached to an aromatic ring is 1. The molecular formula is C10H8N6. The lowest BCUT2D eigenvalue weighted by Gasteiger charge is -2.02. The smallest absolute Gasteiger partial charge is 0.232 e. The first-order valence-corrected chi connectivity index (χ1v) is 4.68. The molecule has 16 heavy (non-hydrogen) atoms. The minimum atomic E-state index is -0.0660. The number of benzene rings is 1. The molecule has 6 heteroatoms. The van der Waals surface area contributed by atoms with Crippen molar-refractivity contribution in [1.29, 1.82) is 10.8 Å². The van der Waals surface area contributed by atoms with Gasteiger partial charge in [-0.05, 0) is 0 Å². The molecule has 6 nitrogen and oxygen atoms in total. The molecule has 0 radical (unpaired) electrons. The van der Waals surface area contributed by atoms with Crippen LogP contribution in [0.25, 0.3) is 11.4 Å². The second-order valence-electron chi connectivity index (χ2n) is 3.46. The van der Waals surface area contributed by atoms with Gasteiger partial charge < -0.3 is 5.73 Å². The van der Waals surface area contributed by atoms with Gasteiger partial charge in [0.05, 0.1) is 0 Å². The van der Waals surface area contributed by atoms with Crippen LogP contribution in [0.1, 0.15) is 5.56 Å². The molecule has 3 rings (SSSR count). The lowest BCUT2D eigenvalue weighted by molar-refractivity contribution is 0.864. The molecule has 2 aromatic rings. The molecule has 0 unspecified atom stereocenters. The molecule has 0 saturated carbocycles. The molecule has 0 saturated heterocycles. The Bertz CT molecular complexity index is 669. The molecule has 0 fully saturated rings. The number of hydrogen-bond donors (Lipinski definition) is 3. The normalized spacial score (nSPS) is 12.4. The summed E-state index contributed by atoms with van der Waals surface area (Å²) < 4.78 is 1.38. The van der Waals surface area contributed by atoms with Gasteiger partial charge in [-0.15, -0.1) is 0 Å². The van der Waals surface area contributed by atoms with Crippen molar-refractivity contribution >= 4 is 11.8 Å². The topological polar surface area (TPSA) is 104 Å². The fourth-order valence-corrected chi connectivity index (χ4v) is 1.84. The van der Waals surface area contributed by atoms with Crippen molar-refractivity contribution in [1.82, 2.24) is 14.5 Å². The zero-order valence-electron chi connectivity index (χ0n) is 8.23. The first-order chi connectivity index (χ1) is 7.68. The summed E-state index contributed by atoms with van der Waals surface area (Å²) in [6, 6.07) is 7.39. The van der Waals surface area contributed by atoms with E-state index < -0.39 is 0 Å². The standard InChI is InChI=1S/C10H8N6/c11-7-5-3-1-2-4-6(5)8-14-9(12)15-10(13)16(7)8/h1-4,11H,(H3,12,13,15). The van der Waals surface area contributed by atoms with E-state index in [4.69, 9.17) is 16.6 Å². The molecule has 2 heterocycles. The maximum absolute atomic E-state index is 7.95. The van der Waals surface area contributed by atoms with Crippen molar-refractivity contribution in [2.45, 2.75) is 0 Å². The summed E-state index contributed by atoms with van der Waals surface area (Å²) >= 11 is 0. The van der Waals surface area contributed by atoms with Gasteiger partial charge in [-0.25, -0.2) is 4.57 Å². The summed E-state index contributed by atoms with van der Waals surface area (Å²) in [5, 5.41) is 15.6. The van der Waals surface area contributed by atoms with Crippen molar-refractivity contribution in [3.8, 4) is 11.4 Å². The van der Waals surface area contributed by atoms with Crippen LogP contribution in [0.4, 0.5) is 5.95 Å². The summed E-state index contributed by atoms with van der Waals surface area (Å²) in [7, 11) is 0. The number of rotatable bonds is 0. The molecule has 1 aliphatic rings. The molecule has 0 amide bonds. The fourth-order valence-electron chi connectivity index (χ4n) is 1.84. The van der Waals surface area contributed by atoms with Crippen molar-refractivity contribution in [2.24, 2.45) is 0 Å². The Labute approximate surface area is 90.4 Å². The molecule has 1 aromatic heterocycles. The van der Waals surface area contributed by atoms with Gasteiger partial charge in [-0.3, -0.25) is 10.8 Å². The molecule has 0 bridgehead atoms. The number of nitrogens with zero attached hydrogens (tertiary/aromatic N) is 3. The van der Waals surface area contributed by atoms with E-state index in [1.165, 1.54) is 4.57 Å². The molecule has 78 valence electrons. The summed E-state index contributed by atoms with van der Waals surface area (Å²) in [6.45, 7) is 0. The van der Waals surface area contributed by atoms with Crippen molar-refractivity contribution in [3.63, 3.8) is 0 Å². The minimum absolute atomic E-state index is 0.0563. The predicted octanol–water partition coefficient (Wildman–Crippen LogP) is 0.194. The molecule has 0 spiro atoms. The second-order valence-corrected chi connectivity index (χ2v) is 3.46. The van der Waals surface area contributed by atoms with E-state index >= 15 is 0 Å². The summed E-state index contributed by atoms with van der Waals surface area (Å²) in [5.74, 6) is 0.787. The van der Waals surface area contributed by atoms with Gasteiger partial charge in [0.1, 0.15) is 5.84 Å². The number of anilines is 1. The van der Waals surface area contributed by atoms with Crippen LogP contribution in [-0.2, 0) is 0 Å². The van der Waals surface area contributed by atoms with Crippen molar-refractivity contribution in [3.05, 3.63) is 35.4 Å². The largest absolute Gasteiger partial charge is 0.368 e. The molecule has 0 aliphatic carbocycles. The lowest BCUT2D eigenvalue weighted by atomic mass is 10.1. The van der Waals surface area contributed by atoms with Crippen molar-refractivity contribution in [2.75, 3.05) is 5.73 Å². The van der Waals surface area contributed by atoms with Crippen LogP contribution < -0.4 is 11.4 Å². The van der Waals surface area contributed by atoms with Gasteiger partial charge in [-0.1, -0.05) is 24.3 Å². The third kappa shape index (κ3) is 0.952. The maximum Gasteiger partial charge on any atom is 0.232 e. The molecule has 0 atom stereocenters. The molecule has 1 aliphatic heterocycles. The molecule has 4 N–H and O–H groups in total. The zero-order chi connectivity index (χ0) is 11.3. The quantitative estimate of drug-likeness (QED) is 0.495. The Morgan fingerprint density at radius 3 is 2.50 bits per heavy atom. The van der Waals surface area contributed by atoms with E-state index in [2.05, 4.69) is 9.97 Å². The van der Waals surface area contributed by atoms with Gasteiger partial charge in [0.25, 0.3) is 0 Å². The highest BCUT2D eigenvalue weighted by Gasteiger charge is 2.25. The highest BCUT2D eigenvalue weighted by molar-refractivity contribution is 6.09. The van der Waals surface area contributed by atoms with Crippen LogP contribution in [0, 0.1) is 10.8 Å². The van der Waals surface area contributed by atoms with Crippen molar-refractivity contribution < 1.29 is 0 Å². The Hall–Kier alpha value is -2.50. The van der Waals surface area contributed by atoms with Gasteiger partial charge in [0, 0.05) is 11.1 Å². The Kier molecular flexibility index (Phi) is 1.51. The van der Waals surface area contributed by atoms with Crippen LogP contribution in [0.2, 0.25) is 0 Å². The van der Waals surface area contributed by atoms with Crippen LogP contribution in [-0.4, -0.2) is 20.4 Å². The first-order valence-electron chi connectivity index (χ1n) is 4.68. The average Bonchev–Trinajstić information content (AvgIpc) is 2.54. The van der Waals surface area contributed by atoms with Crippen LogP contribution in [0.3, 0.4) is 0 Å². The third-order valence-corrected chi connectivity index (χ3v) is 2.51. The predicted molar refractivity (Wildman–Crippen MR) is 58.0 cm³/mol. The van der Waals surface area contributed by atoms with E-state index in [1.54, 1.807) is 0 Å². The van der Waals surface area contributed by atoms with Crippen LogP contribution >= 0.6 is 0 Å². The number of aromatic nitrogens is 3. The van der Waals surface area contributed by atoms with Gasteiger partial charge in [0.2, 0.25) is 11.6 Å². The Morgan fingerprint density at radius 1 is 1.06 bits per heavy atom. The second kappa shape index (κ2) is 2.75. The molecule has 1 aromatic carbocycles. The Morgan fingerprint density at radius 2 is 1.75 bits per heavy atom. The number of nitrogens with one attached hydrogen (secondary N) is 2. The van der Waals surface area contributed by atoms with Gasteiger partial charge in [-0.2, -0.15) is 9.97 Å². The monoisotopic (exact) mass is 212 g/mol. The SMILES string of the molecule is N=C1c2ccccc2-c2nc(N)nc(=N)n21. The lowest BCUT2D eigenvalue weighted by Crippen LogP contribution is -2.29. The molecular weight excluding hydrogens is 204 g/mol. The van der Waals surface area contributed by atoms with E-state index in [0.29, 0.717) is 5.82 Å². The van der Waals surface area contributed by atoms with Crippen LogP contribution in [0.15, 0.2) is 24.3 Å². The van der Waals surface area contributed by atoms with E-state index in [1.807, 2.05) is 24.3 Å². The van der Waals surface area contributed by atoms with Crippen LogP contribution in [0.5, 0.6) is 0 Å². The number of hydrogen-bond acceptors (Lipinski definition) is 5. The Balaban J connectivity index is 2.47. The van der Waals surface area contributed by atoms with E-state index in [9.17, 15) is 0 Å². The first kappa shape index (κ1) is 8.78. The highest BCUT2D eigenvalue weighted by atomic mass is 15.2. The number of fused-ring (bicyclic) bond motifs is 3. The van der Waals surface area contributed by atoms with E-state index in [0.717, 1.165) is 11.1 Å². The van der Waals surface area contributed by atoms with Gasteiger partial charge in [0.15, 0.2) is 5.82 Å². The zero-order valence-corrected chi connectivity index (χ0v) is 8.23. The minimum Gasteiger partial charge on any atom is -0.368 e. The number of nitrogens with two attached hydrogens (primary N) is 1. The third-order valence-electron chi connectivity index (χ3n) is 2.51.